The van der Waals surface area contributed by atoms with Crippen molar-refractivity contribution in [1.82, 2.24) is 10.2 Å². The third kappa shape index (κ3) is 4.23. The van der Waals surface area contributed by atoms with Gasteiger partial charge in [-0.25, -0.2) is 0 Å². The fourth-order valence-corrected chi connectivity index (χ4v) is 4.44. The first-order valence-corrected chi connectivity index (χ1v) is 9.20. The Bertz CT molecular complexity index is 795. The number of non-ortho nitro benzene ring substituents is 1. The largest absolute Gasteiger partial charge is 0.351 e. The molecule has 1 aliphatic heterocycles. The number of fused-ring (bicyclic) bond motifs is 1. The lowest BCUT2D eigenvalue weighted by atomic mass is 9.97. The van der Waals surface area contributed by atoms with Crippen molar-refractivity contribution < 1.29 is 9.72 Å². The maximum atomic E-state index is 12.2. The fourth-order valence-electron chi connectivity index (χ4n) is 3.43. The van der Waals surface area contributed by atoms with Crippen molar-refractivity contribution in [3.8, 4) is 0 Å². The Labute approximate surface area is 162 Å². The Kier molecular flexibility index (Phi) is 6.75. The van der Waals surface area contributed by atoms with Crippen molar-refractivity contribution in [2.45, 2.75) is 32.4 Å². The first kappa shape index (κ1) is 20.4. The van der Waals surface area contributed by atoms with E-state index in [2.05, 4.69) is 35.5 Å². The summed E-state index contributed by atoms with van der Waals surface area (Å²) in [4.78, 5) is 26.4. The van der Waals surface area contributed by atoms with E-state index in [0.717, 1.165) is 13.0 Å². The minimum Gasteiger partial charge on any atom is -0.351 e. The van der Waals surface area contributed by atoms with Gasteiger partial charge in [0.15, 0.2) is 0 Å². The molecule has 140 valence electrons. The molecule has 2 heterocycles. The van der Waals surface area contributed by atoms with Crippen LogP contribution in [0.15, 0.2) is 35.7 Å². The summed E-state index contributed by atoms with van der Waals surface area (Å²) in [6, 6.07) is 8.77. The van der Waals surface area contributed by atoms with E-state index in [1.165, 1.54) is 28.6 Å². The summed E-state index contributed by atoms with van der Waals surface area (Å²) in [6.07, 6.45) is 1.03. The Morgan fingerprint density at radius 3 is 2.88 bits per heavy atom. The van der Waals surface area contributed by atoms with E-state index in [9.17, 15) is 14.9 Å². The topological polar surface area (TPSA) is 75.5 Å². The molecule has 1 amide bonds. The van der Waals surface area contributed by atoms with E-state index in [4.69, 9.17) is 0 Å². The molecule has 0 radical (unpaired) electrons. The van der Waals surface area contributed by atoms with Gasteiger partial charge in [0.05, 0.1) is 4.92 Å². The molecule has 1 aromatic heterocycles. The number of nitro benzene ring substituents is 1. The summed E-state index contributed by atoms with van der Waals surface area (Å²) in [5.74, 6) is -0.280. The van der Waals surface area contributed by atoms with Crippen LogP contribution < -0.4 is 5.32 Å². The molecular weight excluding hydrogens is 374 g/mol. The van der Waals surface area contributed by atoms with Gasteiger partial charge in [0.2, 0.25) is 0 Å². The Morgan fingerprint density at radius 2 is 2.15 bits per heavy atom. The molecule has 8 heteroatoms. The van der Waals surface area contributed by atoms with E-state index in [0.29, 0.717) is 24.2 Å². The summed E-state index contributed by atoms with van der Waals surface area (Å²) >= 11 is 1.79. The molecule has 0 unspecified atom stereocenters. The van der Waals surface area contributed by atoms with E-state index < -0.39 is 4.92 Å². The van der Waals surface area contributed by atoms with Gasteiger partial charge in [-0.2, -0.15) is 0 Å². The molecule has 0 bridgehead atoms. The van der Waals surface area contributed by atoms with Crippen LogP contribution in [0, 0.1) is 10.1 Å². The quantitative estimate of drug-likeness (QED) is 0.616. The van der Waals surface area contributed by atoms with Gasteiger partial charge in [-0.1, -0.05) is 6.07 Å². The van der Waals surface area contributed by atoms with Crippen LogP contribution in [-0.2, 0) is 6.42 Å². The average molecular weight is 396 g/mol. The van der Waals surface area contributed by atoms with Crippen LogP contribution in [0.1, 0.15) is 40.7 Å². The van der Waals surface area contributed by atoms with Crippen LogP contribution >= 0.6 is 23.7 Å². The minimum absolute atomic E-state index is 0. The van der Waals surface area contributed by atoms with E-state index in [1.54, 1.807) is 17.4 Å². The summed E-state index contributed by atoms with van der Waals surface area (Å²) in [5, 5.41) is 15.8. The molecule has 1 aliphatic rings. The monoisotopic (exact) mass is 395 g/mol. The van der Waals surface area contributed by atoms with E-state index in [1.807, 2.05) is 0 Å². The van der Waals surface area contributed by atoms with E-state index in [-0.39, 0.29) is 24.0 Å². The number of carbonyl (C=O) groups excluding carboxylic acids is 1. The fraction of sp³-hybridized carbons (Fsp3) is 0.389. The summed E-state index contributed by atoms with van der Waals surface area (Å²) in [6.45, 7) is 5.67. The number of benzene rings is 1. The van der Waals surface area contributed by atoms with Gasteiger partial charge in [-0.05, 0) is 43.3 Å². The van der Waals surface area contributed by atoms with Crippen LogP contribution in [0.25, 0.3) is 0 Å². The molecule has 0 fully saturated rings. The van der Waals surface area contributed by atoms with Gasteiger partial charge >= 0.3 is 0 Å². The number of halogens is 1. The van der Waals surface area contributed by atoms with Crippen molar-refractivity contribution in [2.24, 2.45) is 0 Å². The maximum Gasteiger partial charge on any atom is 0.270 e. The number of nitro groups is 1. The summed E-state index contributed by atoms with van der Waals surface area (Å²) in [7, 11) is 0. The van der Waals surface area contributed by atoms with Crippen LogP contribution in [0.3, 0.4) is 0 Å². The third-order valence-corrected chi connectivity index (χ3v) is 5.84. The highest BCUT2D eigenvalue weighted by Gasteiger charge is 2.29. The lowest BCUT2D eigenvalue weighted by Crippen LogP contribution is -2.44. The average Bonchev–Trinajstić information content (AvgIpc) is 3.06. The summed E-state index contributed by atoms with van der Waals surface area (Å²) < 4.78 is 0. The molecule has 0 aliphatic carbocycles. The zero-order chi connectivity index (χ0) is 18.0. The number of nitrogens with zero attached hydrogens (tertiary/aromatic N) is 2. The van der Waals surface area contributed by atoms with Gasteiger partial charge in [-0.3, -0.25) is 19.8 Å². The van der Waals surface area contributed by atoms with Gasteiger partial charge in [0.1, 0.15) is 0 Å². The highest BCUT2D eigenvalue weighted by Crippen LogP contribution is 2.35. The second-order valence-corrected chi connectivity index (χ2v) is 7.29. The highest BCUT2D eigenvalue weighted by molar-refractivity contribution is 7.10. The Hall–Kier alpha value is -1.96. The SMILES string of the molecule is C[C@@H]1Cc2ccsc2[C@H](C)N1CCNC(=O)c1cccc([N+](=O)[O-])c1.Cl. The number of amides is 1. The Balaban J connectivity index is 0.00000243. The lowest BCUT2D eigenvalue weighted by Gasteiger charge is -2.38. The minimum atomic E-state index is -0.494. The number of hydrogen-bond acceptors (Lipinski definition) is 5. The standard InChI is InChI=1S/C18H21N3O3S.ClH/c1-12-10-14-6-9-25-17(14)13(2)20(12)8-7-19-18(22)15-4-3-5-16(11-15)21(23)24;/h3-6,9,11-13H,7-8,10H2,1-2H3,(H,19,22);1H/t12-,13+;/m1./s1. The van der Waals surface area contributed by atoms with Crippen molar-refractivity contribution >= 4 is 35.3 Å². The first-order valence-electron chi connectivity index (χ1n) is 8.32. The molecule has 3 rings (SSSR count). The van der Waals surface area contributed by atoms with E-state index >= 15 is 0 Å². The predicted octanol–water partition coefficient (Wildman–Crippen LogP) is 3.82. The van der Waals surface area contributed by atoms with Crippen molar-refractivity contribution in [3.05, 3.63) is 61.8 Å². The molecule has 2 aromatic rings. The number of thiophene rings is 1. The van der Waals surface area contributed by atoms with Crippen LogP contribution in [0.5, 0.6) is 0 Å². The van der Waals surface area contributed by atoms with Crippen LogP contribution in [0.2, 0.25) is 0 Å². The first-order chi connectivity index (χ1) is 12.0. The van der Waals surface area contributed by atoms with Crippen molar-refractivity contribution in [2.75, 3.05) is 13.1 Å². The molecule has 2 atom stereocenters. The number of hydrogen-bond donors (Lipinski definition) is 1. The highest BCUT2D eigenvalue weighted by atomic mass is 35.5. The number of nitrogens with one attached hydrogen (secondary N) is 1. The molecule has 26 heavy (non-hydrogen) atoms. The maximum absolute atomic E-state index is 12.2. The number of carbonyl (C=O) groups is 1. The molecule has 1 aromatic carbocycles. The molecule has 6 nitrogen and oxygen atoms in total. The third-order valence-electron chi connectivity index (χ3n) is 4.71. The molecule has 0 saturated carbocycles. The summed E-state index contributed by atoms with van der Waals surface area (Å²) in [5.41, 5.74) is 1.67. The van der Waals surface area contributed by atoms with Crippen molar-refractivity contribution in [1.29, 1.82) is 0 Å². The Morgan fingerprint density at radius 1 is 1.38 bits per heavy atom. The van der Waals surface area contributed by atoms with Crippen LogP contribution in [-0.4, -0.2) is 34.9 Å². The smallest absolute Gasteiger partial charge is 0.270 e. The molecule has 1 N–H and O–H groups in total. The normalized spacial score (nSPS) is 19.3. The molecular formula is C18H22ClN3O3S. The predicted molar refractivity (Wildman–Crippen MR) is 105 cm³/mol. The second-order valence-electron chi connectivity index (χ2n) is 6.34. The van der Waals surface area contributed by atoms with Gasteiger partial charge in [-0.15, -0.1) is 23.7 Å². The number of rotatable bonds is 5. The van der Waals surface area contributed by atoms with Crippen molar-refractivity contribution in [3.63, 3.8) is 0 Å². The lowest BCUT2D eigenvalue weighted by molar-refractivity contribution is -0.384. The zero-order valence-corrected chi connectivity index (χ0v) is 16.3. The molecule has 0 spiro atoms. The van der Waals surface area contributed by atoms with Gasteiger partial charge in [0, 0.05) is 47.7 Å². The second kappa shape index (κ2) is 8.62. The van der Waals surface area contributed by atoms with Crippen LogP contribution in [0.4, 0.5) is 5.69 Å². The van der Waals surface area contributed by atoms with Gasteiger partial charge in [0.25, 0.3) is 11.6 Å². The molecule has 0 saturated heterocycles. The zero-order valence-electron chi connectivity index (χ0n) is 14.7. The van der Waals surface area contributed by atoms with Gasteiger partial charge < -0.3 is 5.32 Å².